The molecule has 11 heteroatoms. The van der Waals surface area contributed by atoms with E-state index in [-0.39, 0.29) is 24.1 Å². The van der Waals surface area contributed by atoms with Crippen LogP contribution >= 0.6 is 39.1 Å². The molecule has 0 atom stereocenters. The maximum Gasteiger partial charge on any atom is 0.246 e. The fourth-order valence-electron chi connectivity index (χ4n) is 3.62. The van der Waals surface area contributed by atoms with Crippen molar-refractivity contribution in [3.63, 3.8) is 0 Å². The van der Waals surface area contributed by atoms with Gasteiger partial charge >= 0.3 is 0 Å². The number of amides is 2. The maximum absolute atomic E-state index is 12.8. The molecule has 0 aliphatic heterocycles. The van der Waals surface area contributed by atoms with Gasteiger partial charge in [-0.3, -0.25) is 14.0 Å². The number of hydrogen-bond acceptors (Lipinski definition) is 5. The molecule has 3 N–H and O–H groups in total. The number of anilines is 2. The molecule has 0 aliphatic rings. The molecule has 8 nitrogen and oxygen atoms in total. The summed E-state index contributed by atoms with van der Waals surface area (Å²) in [6.45, 7) is 1.73. The summed E-state index contributed by atoms with van der Waals surface area (Å²) in [5, 5.41) is 3.25. The lowest BCUT2D eigenvalue weighted by Crippen LogP contribution is -2.37. The van der Waals surface area contributed by atoms with Gasteiger partial charge in [0.15, 0.2) is 11.4 Å². The van der Waals surface area contributed by atoms with Crippen molar-refractivity contribution in [2.45, 2.75) is 13.5 Å². The Hall–Kier alpha value is -3.53. The van der Waals surface area contributed by atoms with Gasteiger partial charge in [0.1, 0.15) is 11.2 Å². The van der Waals surface area contributed by atoms with Crippen LogP contribution in [0.1, 0.15) is 16.8 Å². The van der Waals surface area contributed by atoms with Crippen LogP contribution in [-0.4, -0.2) is 34.8 Å². The number of rotatable bonds is 8. The van der Waals surface area contributed by atoms with E-state index in [1.54, 1.807) is 55.6 Å². The van der Waals surface area contributed by atoms with E-state index in [1.807, 2.05) is 23.6 Å². The third-order valence-electron chi connectivity index (χ3n) is 5.77. The number of ether oxygens (including phenoxy) is 1. The first-order valence-corrected chi connectivity index (χ1v) is 13.0. The molecule has 196 valence electrons. The molecule has 38 heavy (non-hydrogen) atoms. The van der Waals surface area contributed by atoms with Gasteiger partial charge in [0.25, 0.3) is 0 Å². The van der Waals surface area contributed by atoms with Crippen LogP contribution in [0.4, 0.5) is 11.4 Å². The zero-order valence-electron chi connectivity index (χ0n) is 20.5. The van der Waals surface area contributed by atoms with Gasteiger partial charge in [0.05, 0.1) is 22.9 Å². The van der Waals surface area contributed by atoms with Crippen molar-refractivity contribution in [2.24, 2.45) is 0 Å². The van der Waals surface area contributed by atoms with Crippen molar-refractivity contribution in [3.8, 4) is 5.75 Å². The van der Waals surface area contributed by atoms with Gasteiger partial charge in [-0.05, 0) is 70.9 Å². The Morgan fingerprint density at radius 3 is 2.66 bits per heavy atom. The van der Waals surface area contributed by atoms with E-state index in [4.69, 9.17) is 33.7 Å². The number of halogens is 3. The molecule has 0 spiro atoms. The van der Waals surface area contributed by atoms with E-state index in [0.717, 1.165) is 15.9 Å². The number of nitrogen functional groups attached to an aromatic ring is 1. The zero-order valence-corrected chi connectivity index (χ0v) is 23.6. The van der Waals surface area contributed by atoms with E-state index >= 15 is 0 Å². The standard InChI is InChI=1S/C27H24BrCl2N5O3/c1-16-26(28)35-13-3-4-22(27(35)33-16)38-15-19-20(29)10-11-21(25(19)30)34(2)24(37)14-32-23(36)12-7-17-5-8-18(31)9-6-17/h3-13H,14-15,31H2,1-2H3,(H,32,36). The second kappa shape index (κ2) is 11.9. The highest BCUT2D eigenvalue weighted by Crippen LogP contribution is 2.35. The van der Waals surface area contributed by atoms with Crippen molar-refractivity contribution < 1.29 is 14.3 Å². The molecule has 0 bridgehead atoms. The Kier molecular flexibility index (Phi) is 8.61. The Morgan fingerprint density at radius 1 is 1.18 bits per heavy atom. The summed E-state index contributed by atoms with van der Waals surface area (Å²) in [4.78, 5) is 30.9. The SMILES string of the molecule is Cc1nc2c(OCc3c(Cl)ccc(N(C)C(=O)CNC(=O)C=Cc4ccc(N)cc4)c3Cl)cccn2c1Br. The van der Waals surface area contributed by atoms with Gasteiger partial charge in [0.2, 0.25) is 11.8 Å². The molecule has 0 radical (unpaired) electrons. The highest BCUT2D eigenvalue weighted by Gasteiger charge is 2.19. The highest BCUT2D eigenvalue weighted by molar-refractivity contribution is 9.10. The van der Waals surface area contributed by atoms with Crippen LogP contribution in [-0.2, 0) is 16.2 Å². The number of carbonyl (C=O) groups excluding carboxylic acids is 2. The average molecular weight is 617 g/mol. The number of nitrogens with one attached hydrogen (secondary N) is 1. The minimum Gasteiger partial charge on any atom is -0.485 e. The molecular formula is C27H24BrCl2N5O3. The second-order valence-electron chi connectivity index (χ2n) is 8.37. The molecule has 0 saturated heterocycles. The highest BCUT2D eigenvalue weighted by atomic mass is 79.9. The minimum atomic E-state index is -0.407. The average Bonchev–Trinajstić information content (AvgIpc) is 3.20. The minimum absolute atomic E-state index is 0.0589. The number of benzene rings is 2. The van der Waals surface area contributed by atoms with E-state index in [1.165, 1.54) is 11.0 Å². The van der Waals surface area contributed by atoms with Crippen molar-refractivity contribution in [1.82, 2.24) is 14.7 Å². The van der Waals surface area contributed by atoms with Gasteiger partial charge in [-0.1, -0.05) is 35.3 Å². The van der Waals surface area contributed by atoms with Crippen molar-refractivity contribution in [3.05, 3.63) is 92.3 Å². The Bertz CT molecular complexity index is 1540. The number of imidazole rings is 1. The fourth-order valence-corrected chi connectivity index (χ4v) is 4.60. The van der Waals surface area contributed by atoms with Gasteiger partial charge in [-0.25, -0.2) is 4.98 Å². The third-order valence-corrected chi connectivity index (χ3v) is 7.50. The Balaban J connectivity index is 1.42. The number of nitrogens with two attached hydrogens (primary N) is 1. The van der Waals surface area contributed by atoms with Crippen LogP contribution in [0.3, 0.4) is 0 Å². The van der Waals surface area contributed by atoms with Crippen molar-refractivity contribution in [2.75, 3.05) is 24.2 Å². The lowest BCUT2D eigenvalue weighted by molar-refractivity contribution is -0.122. The largest absolute Gasteiger partial charge is 0.485 e. The summed E-state index contributed by atoms with van der Waals surface area (Å²) in [6.07, 6.45) is 4.86. The van der Waals surface area contributed by atoms with Gasteiger partial charge in [-0.2, -0.15) is 0 Å². The van der Waals surface area contributed by atoms with Crippen LogP contribution in [0.2, 0.25) is 10.0 Å². The van der Waals surface area contributed by atoms with Crippen LogP contribution in [0.15, 0.2) is 65.4 Å². The quantitative estimate of drug-likeness (QED) is 0.196. The van der Waals surface area contributed by atoms with Crippen LogP contribution in [0, 0.1) is 6.92 Å². The summed E-state index contributed by atoms with van der Waals surface area (Å²) < 4.78 is 8.74. The fraction of sp³-hybridized carbons (Fsp3) is 0.148. The molecule has 0 fully saturated rings. The zero-order chi connectivity index (χ0) is 27.4. The Labute approximate surface area is 238 Å². The maximum atomic E-state index is 12.8. The first-order valence-electron chi connectivity index (χ1n) is 11.5. The summed E-state index contributed by atoms with van der Waals surface area (Å²) in [6, 6.07) is 14.0. The molecule has 0 aliphatic carbocycles. The van der Waals surface area contributed by atoms with E-state index in [9.17, 15) is 9.59 Å². The first kappa shape index (κ1) is 27.5. The molecule has 2 aromatic carbocycles. The normalized spacial score (nSPS) is 11.2. The van der Waals surface area contributed by atoms with Gasteiger partial charge in [0, 0.05) is 35.6 Å². The number of nitrogens with zero attached hydrogens (tertiary/aromatic N) is 3. The molecule has 0 unspecified atom stereocenters. The number of likely N-dealkylation sites (N-methyl/N-ethyl adjacent to an activating group) is 1. The Morgan fingerprint density at radius 2 is 1.92 bits per heavy atom. The summed E-state index contributed by atoms with van der Waals surface area (Å²) in [5.74, 6) is -0.217. The predicted octanol–water partition coefficient (Wildman–Crippen LogP) is 5.67. The van der Waals surface area contributed by atoms with Crippen molar-refractivity contribution >= 4 is 74.0 Å². The molecular weight excluding hydrogens is 593 g/mol. The predicted molar refractivity (Wildman–Crippen MR) is 155 cm³/mol. The molecule has 4 aromatic rings. The summed E-state index contributed by atoms with van der Waals surface area (Å²) in [5.41, 5.74) is 9.54. The van der Waals surface area contributed by atoms with Gasteiger partial charge < -0.3 is 20.7 Å². The summed E-state index contributed by atoms with van der Waals surface area (Å²) in [7, 11) is 1.57. The topological polar surface area (TPSA) is 102 Å². The number of aromatic nitrogens is 2. The number of carbonyl (C=O) groups is 2. The number of hydrogen-bond donors (Lipinski definition) is 2. The van der Waals surface area contributed by atoms with E-state index in [2.05, 4.69) is 26.2 Å². The second-order valence-corrected chi connectivity index (χ2v) is 9.91. The van der Waals surface area contributed by atoms with Crippen molar-refractivity contribution in [1.29, 1.82) is 0 Å². The molecule has 4 rings (SSSR count). The lowest BCUT2D eigenvalue weighted by atomic mass is 10.2. The molecule has 2 amide bonds. The summed E-state index contributed by atoms with van der Waals surface area (Å²) >= 11 is 16.6. The first-order chi connectivity index (χ1) is 18.2. The lowest BCUT2D eigenvalue weighted by Gasteiger charge is -2.21. The third kappa shape index (κ3) is 6.12. The molecule has 2 heterocycles. The van der Waals surface area contributed by atoms with Gasteiger partial charge in [-0.15, -0.1) is 0 Å². The number of fused-ring (bicyclic) bond motifs is 1. The monoisotopic (exact) mass is 615 g/mol. The van der Waals surface area contributed by atoms with E-state index < -0.39 is 5.91 Å². The van der Waals surface area contributed by atoms with Crippen LogP contribution in [0.25, 0.3) is 11.7 Å². The smallest absolute Gasteiger partial charge is 0.246 e. The number of pyridine rings is 1. The van der Waals surface area contributed by atoms with E-state index in [0.29, 0.717) is 33.4 Å². The molecule has 2 aromatic heterocycles. The van der Waals surface area contributed by atoms with Crippen LogP contribution < -0.4 is 20.7 Å². The number of aryl methyl sites for hydroxylation is 1. The molecule has 0 saturated carbocycles. The van der Waals surface area contributed by atoms with Crippen LogP contribution in [0.5, 0.6) is 5.75 Å².